The third-order valence-electron chi connectivity index (χ3n) is 6.25. The summed E-state index contributed by atoms with van der Waals surface area (Å²) in [6, 6.07) is 13.8. The molecule has 2 aliphatic heterocycles. The summed E-state index contributed by atoms with van der Waals surface area (Å²) in [6.45, 7) is 3.66. The number of rotatable bonds is 6. The van der Waals surface area contributed by atoms with Crippen LogP contribution in [0.1, 0.15) is 41.0 Å². The Kier molecular flexibility index (Phi) is 5.37. The van der Waals surface area contributed by atoms with Crippen molar-refractivity contribution in [3.8, 4) is 17.0 Å². The van der Waals surface area contributed by atoms with Crippen molar-refractivity contribution in [3.05, 3.63) is 65.6 Å². The second kappa shape index (κ2) is 8.46. The number of benzene rings is 2. The maximum atomic E-state index is 12.8. The molecule has 3 aromatic rings. The Morgan fingerprint density at radius 2 is 1.97 bits per heavy atom. The minimum atomic E-state index is -0.0994. The van der Waals surface area contributed by atoms with Crippen molar-refractivity contribution in [2.24, 2.45) is 0 Å². The molecular formula is C25H28N4O2. The number of anilines is 1. The monoisotopic (exact) mass is 416 g/mol. The molecule has 0 bridgehead atoms. The zero-order valence-corrected chi connectivity index (χ0v) is 17.9. The number of aromatic nitrogens is 2. The van der Waals surface area contributed by atoms with E-state index >= 15 is 0 Å². The molecule has 31 heavy (non-hydrogen) atoms. The van der Waals surface area contributed by atoms with Crippen LogP contribution in [0.2, 0.25) is 0 Å². The number of amides is 1. The SMILES string of the molecule is COc1cccc(C(=O)NCc2cc(-c3cn4c(n3)CCC4)ccc2N2CCCC2)c1. The van der Waals surface area contributed by atoms with Crippen molar-refractivity contribution >= 4 is 11.6 Å². The second-order valence-corrected chi connectivity index (χ2v) is 8.29. The normalized spacial score (nSPS) is 15.2. The molecule has 0 atom stereocenters. The number of methoxy groups -OCH3 is 1. The fourth-order valence-corrected chi connectivity index (χ4v) is 4.59. The van der Waals surface area contributed by atoms with Crippen molar-refractivity contribution in [1.29, 1.82) is 0 Å². The molecular weight excluding hydrogens is 388 g/mol. The van der Waals surface area contributed by atoms with Gasteiger partial charge in [-0.1, -0.05) is 12.1 Å². The molecule has 0 saturated carbocycles. The van der Waals surface area contributed by atoms with Gasteiger partial charge in [0, 0.05) is 55.6 Å². The van der Waals surface area contributed by atoms with E-state index in [1.54, 1.807) is 13.2 Å². The van der Waals surface area contributed by atoms with Gasteiger partial charge in [0.1, 0.15) is 11.6 Å². The Bertz CT molecular complexity index is 1080. The number of hydrogen-bond acceptors (Lipinski definition) is 4. The summed E-state index contributed by atoms with van der Waals surface area (Å²) in [7, 11) is 1.61. The van der Waals surface area contributed by atoms with Gasteiger partial charge >= 0.3 is 0 Å². The van der Waals surface area contributed by atoms with E-state index in [2.05, 4.69) is 39.2 Å². The van der Waals surface area contributed by atoms with Crippen molar-refractivity contribution in [2.45, 2.75) is 38.8 Å². The first-order valence-corrected chi connectivity index (χ1v) is 11.1. The van der Waals surface area contributed by atoms with Crippen LogP contribution in [0.15, 0.2) is 48.7 Å². The number of fused-ring (bicyclic) bond motifs is 1. The first-order valence-electron chi connectivity index (χ1n) is 11.1. The Morgan fingerprint density at radius 1 is 1.10 bits per heavy atom. The number of nitrogens with one attached hydrogen (secondary N) is 1. The molecule has 5 rings (SSSR count). The summed E-state index contributed by atoms with van der Waals surface area (Å²) in [5.41, 5.74) is 5.06. The summed E-state index contributed by atoms with van der Waals surface area (Å²) in [4.78, 5) is 20.0. The highest BCUT2D eigenvalue weighted by Crippen LogP contribution is 2.30. The Balaban J connectivity index is 1.40. The van der Waals surface area contributed by atoms with Crippen molar-refractivity contribution in [1.82, 2.24) is 14.9 Å². The summed E-state index contributed by atoms with van der Waals surface area (Å²) in [5.74, 6) is 1.75. The van der Waals surface area contributed by atoms with Gasteiger partial charge in [-0.25, -0.2) is 4.98 Å². The largest absolute Gasteiger partial charge is 0.497 e. The molecule has 0 spiro atoms. The molecule has 1 aromatic heterocycles. The Labute approximate surface area is 182 Å². The molecule has 1 amide bonds. The van der Waals surface area contributed by atoms with Gasteiger partial charge < -0.3 is 19.5 Å². The quantitative estimate of drug-likeness (QED) is 0.659. The van der Waals surface area contributed by atoms with E-state index in [0.29, 0.717) is 17.9 Å². The van der Waals surface area contributed by atoms with Crippen LogP contribution in [0.4, 0.5) is 5.69 Å². The van der Waals surface area contributed by atoms with E-state index in [0.717, 1.165) is 42.9 Å². The molecule has 2 aromatic carbocycles. The molecule has 0 unspecified atom stereocenters. The number of hydrogen-bond donors (Lipinski definition) is 1. The number of imidazole rings is 1. The van der Waals surface area contributed by atoms with Gasteiger partial charge in [-0.05, 0) is 55.2 Å². The van der Waals surface area contributed by atoms with Gasteiger partial charge in [0.15, 0.2) is 0 Å². The minimum Gasteiger partial charge on any atom is -0.497 e. The van der Waals surface area contributed by atoms with Crippen LogP contribution in [-0.2, 0) is 19.5 Å². The molecule has 160 valence electrons. The number of nitrogens with zero attached hydrogens (tertiary/aromatic N) is 3. The van der Waals surface area contributed by atoms with Crippen molar-refractivity contribution in [3.63, 3.8) is 0 Å². The fraction of sp³-hybridized carbons (Fsp3) is 0.360. The topological polar surface area (TPSA) is 59.4 Å². The lowest BCUT2D eigenvalue weighted by Crippen LogP contribution is -2.25. The highest BCUT2D eigenvalue weighted by atomic mass is 16.5. The summed E-state index contributed by atoms with van der Waals surface area (Å²) >= 11 is 0. The zero-order chi connectivity index (χ0) is 21.2. The van der Waals surface area contributed by atoms with Crippen LogP contribution in [-0.4, -0.2) is 35.7 Å². The number of carbonyl (C=O) groups excluding carboxylic acids is 1. The predicted octanol–water partition coefficient (Wildman–Crippen LogP) is 4.04. The highest BCUT2D eigenvalue weighted by molar-refractivity contribution is 5.94. The summed E-state index contributed by atoms with van der Waals surface area (Å²) in [5, 5.41) is 3.10. The van der Waals surface area contributed by atoms with E-state index in [4.69, 9.17) is 9.72 Å². The zero-order valence-electron chi connectivity index (χ0n) is 17.9. The second-order valence-electron chi connectivity index (χ2n) is 8.29. The van der Waals surface area contributed by atoms with Gasteiger partial charge in [-0.15, -0.1) is 0 Å². The number of aryl methyl sites for hydroxylation is 2. The Morgan fingerprint density at radius 3 is 2.77 bits per heavy atom. The molecule has 1 fully saturated rings. The lowest BCUT2D eigenvalue weighted by atomic mass is 10.0. The first kappa shape index (κ1) is 19.7. The van der Waals surface area contributed by atoms with Crippen LogP contribution >= 0.6 is 0 Å². The molecule has 2 aliphatic rings. The summed E-state index contributed by atoms with van der Waals surface area (Å²) in [6.07, 6.45) is 6.81. The van der Waals surface area contributed by atoms with Crippen LogP contribution in [0.5, 0.6) is 5.75 Å². The molecule has 0 radical (unpaired) electrons. The molecule has 6 nitrogen and oxygen atoms in total. The lowest BCUT2D eigenvalue weighted by Gasteiger charge is -2.22. The van der Waals surface area contributed by atoms with E-state index < -0.39 is 0 Å². The van der Waals surface area contributed by atoms with Crippen molar-refractivity contribution < 1.29 is 9.53 Å². The number of ether oxygens (including phenoxy) is 1. The van der Waals surface area contributed by atoms with E-state index in [-0.39, 0.29) is 5.91 Å². The standard InChI is InChI=1S/C25H28N4O2/c1-31-21-7-4-6-19(15-21)25(30)26-16-20-14-18(9-10-23(20)28-11-2-3-12-28)22-17-29-13-5-8-24(29)27-22/h4,6-7,9-10,14-15,17H,2-3,5,8,11-13,16H2,1H3,(H,26,30). The van der Waals surface area contributed by atoms with Crippen LogP contribution < -0.4 is 15.0 Å². The van der Waals surface area contributed by atoms with Crippen molar-refractivity contribution in [2.75, 3.05) is 25.1 Å². The van der Waals surface area contributed by atoms with E-state index in [1.165, 1.54) is 30.8 Å². The third kappa shape index (κ3) is 4.02. The third-order valence-corrected chi connectivity index (χ3v) is 6.25. The van der Waals surface area contributed by atoms with Crippen LogP contribution in [0.25, 0.3) is 11.3 Å². The van der Waals surface area contributed by atoms with Crippen LogP contribution in [0.3, 0.4) is 0 Å². The highest BCUT2D eigenvalue weighted by Gasteiger charge is 2.19. The van der Waals surface area contributed by atoms with E-state index in [9.17, 15) is 4.79 Å². The van der Waals surface area contributed by atoms with Crippen LogP contribution in [0, 0.1) is 0 Å². The maximum Gasteiger partial charge on any atom is 0.251 e. The Hall–Kier alpha value is -3.28. The molecule has 1 N–H and O–H groups in total. The van der Waals surface area contributed by atoms with Gasteiger partial charge in [-0.2, -0.15) is 0 Å². The van der Waals surface area contributed by atoms with Gasteiger partial charge in [-0.3, -0.25) is 4.79 Å². The van der Waals surface area contributed by atoms with Gasteiger partial charge in [0.05, 0.1) is 12.8 Å². The van der Waals surface area contributed by atoms with Gasteiger partial charge in [0.2, 0.25) is 0 Å². The van der Waals surface area contributed by atoms with E-state index in [1.807, 2.05) is 18.2 Å². The first-order chi connectivity index (χ1) is 15.2. The average Bonchev–Trinajstić information content (AvgIpc) is 3.55. The number of carbonyl (C=O) groups is 1. The lowest BCUT2D eigenvalue weighted by molar-refractivity contribution is 0.0950. The maximum absolute atomic E-state index is 12.8. The smallest absolute Gasteiger partial charge is 0.251 e. The summed E-state index contributed by atoms with van der Waals surface area (Å²) < 4.78 is 7.51. The minimum absolute atomic E-state index is 0.0994. The molecule has 1 saturated heterocycles. The predicted molar refractivity (Wildman–Crippen MR) is 122 cm³/mol. The van der Waals surface area contributed by atoms with Gasteiger partial charge in [0.25, 0.3) is 5.91 Å². The average molecular weight is 417 g/mol. The molecule has 6 heteroatoms. The molecule has 3 heterocycles. The molecule has 0 aliphatic carbocycles. The fourth-order valence-electron chi connectivity index (χ4n) is 4.59.